The van der Waals surface area contributed by atoms with Crippen LogP contribution in [-0.4, -0.2) is 48.1 Å². The number of halogens is 1. The lowest BCUT2D eigenvalue weighted by molar-refractivity contribution is 0.157. The smallest absolute Gasteiger partial charge is 0.321 e. The molecule has 0 bridgehead atoms. The Kier molecular flexibility index (Phi) is 4.10. The minimum absolute atomic E-state index is 0.0583. The molecule has 3 aliphatic heterocycles. The van der Waals surface area contributed by atoms with Crippen molar-refractivity contribution in [2.75, 3.05) is 31.5 Å². The van der Waals surface area contributed by atoms with Crippen molar-refractivity contribution in [3.05, 3.63) is 28.2 Å². The number of anilines is 1. The molecule has 5 heteroatoms. The van der Waals surface area contributed by atoms with Crippen LogP contribution in [0.25, 0.3) is 0 Å². The van der Waals surface area contributed by atoms with Crippen LogP contribution < -0.4 is 5.32 Å². The number of likely N-dealkylation sites (tertiary alicyclic amines) is 1. The maximum absolute atomic E-state index is 12.7. The van der Waals surface area contributed by atoms with Crippen LogP contribution in [0, 0.1) is 18.8 Å². The summed E-state index contributed by atoms with van der Waals surface area (Å²) in [5.41, 5.74) is 2.00. The molecule has 0 spiro atoms. The molecule has 3 aliphatic rings. The fourth-order valence-electron chi connectivity index (χ4n) is 4.64. The number of hydrogen-bond acceptors (Lipinski definition) is 2. The van der Waals surface area contributed by atoms with Gasteiger partial charge in [0.1, 0.15) is 0 Å². The number of piperidine rings is 1. The number of urea groups is 1. The quantitative estimate of drug-likeness (QED) is 0.809. The van der Waals surface area contributed by atoms with Crippen molar-refractivity contribution in [2.45, 2.75) is 32.2 Å². The van der Waals surface area contributed by atoms with E-state index < -0.39 is 0 Å². The second-order valence-electron chi connectivity index (χ2n) is 7.28. The Hall–Kier alpha value is -1.07. The Morgan fingerprint density at radius 3 is 3.00 bits per heavy atom. The first-order valence-electron chi connectivity index (χ1n) is 8.68. The molecule has 1 aromatic carbocycles. The second-order valence-corrected chi connectivity index (χ2v) is 8.19. The maximum Gasteiger partial charge on any atom is 0.321 e. The highest BCUT2D eigenvalue weighted by molar-refractivity contribution is 9.10. The molecule has 0 aromatic heterocycles. The first kappa shape index (κ1) is 15.5. The third-order valence-corrected chi connectivity index (χ3v) is 6.34. The van der Waals surface area contributed by atoms with E-state index in [1.165, 1.54) is 32.4 Å². The largest absolute Gasteiger partial charge is 0.324 e. The Bertz CT molecular complexity index is 620. The third kappa shape index (κ3) is 2.89. The number of fused-ring (bicyclic) bond motifs is 3. The molecule has 4 rings (SSSR count). The number of benzene rings is 1. The van der Waals surface area contributed by atoms with Crippen LogP contribution in [0.4, 0.5) is 10.5 Å². The van der Waals surface area contributed by atoms with Gasteiger partial charge in [-0.2, -0.15) is 0 Å². The molecule has 0 unspecified atom stereocenters. The summed E-state index contributed by atoms with van der Waals surface area (Å²) < 4.78 is 0.995. The van der Waals surface area contributed by atoms with Gasteiger partial charge >= 0.3 is 6.03 Å². The van der Waals surface area contributed by atoms with E-state index in [1.807, 2.05) is 30.0 Å². The van der Waals surface area contributed by atoms with E-state index >= 15 is 0 Å². The lowest BCUT2D eigenvalue weighted by Gasteiger charge is -2.33. The molecule has 0 aliphatic carbocycles. The molecule has 0 saturated carbocycles. The molecule has 3 heterocycles. The highest BCUT2D eigenvalue weighted by Gasteiger charge is 2.48. The zero-order valence-corrected chi connectivity index (χ0v) is 15.2. The Labute approximate surface area is 146 Å². The minimum atomic E-state index is 0.0583. The van der Waals surface area contributed by atoms with Gasteiger partial charge in [-0.1, -0.05) is 28.4 Å². The highest BCUT2D eigenvalue weighted by Crippen LogP contribution is 2.40. The van der Waals surface area contributed by atoms with E-state index in [-0.39, 0.29) is 6.03 Å². The first-order valence-corrected chi connectivity index (χ1v) is 9.47. The van der Waals surface area contributed by atoms with Gasteiger partial charge in [0.25, 0.3) is 0 Å². The van der Waals surface area contributed by atoms with Gasteiger partial charge in [0.2, 0.25) is 0 Å². The van der Waals surface area contributed by atoms with E-state index in [9.17, 15) is 4.79 Å². The number of amides is 2. The van der Waals surface area contributed by atoms with Crippen LogP contribution in [-0.2, 0) is 0 Å². The zero-order chi connectivity index (χ0) is 16.0. The number of nitrogens with one attached hydrogen (secondary N) is 1. The minimum Gasteiger partial charge on any atom is -0.324 e. The predicted octanol–water partition coefficient (Wildman–Crippen LogP) is 3.71. The predicted molar refractivity (Wildman–Crippen MR) is 95.7 cm³/mol. The van der Waals surface area contributed by atoms with Crippen LogP contribution in [0.3, 0.4) is 0 Å². The van der Waals surface area contributed by atoms with E-state index in [4.69, 9.17) is 0 Å². The standard InChI is InChI=1S/C18H24BrN3O/c1-12-5-6-14(19)8-16(12)20-18(23)22-10-13-9-21-7-3-2-4-17(21)15(13)11-22/h5-6,8,13,15,17H,2-4,7,9-11H2,1H3,(H,20,23)/t13-,15-,17-/m0/s1. The summed E-state index contributed by atoms with van der Waals surface area (Å²) >= 11 is 3.48. The molecular formula is C18H24BrN3O. The van der Waals surface area contributed by atoms with Crippen LogP contribution in [0.5, 0.6) is 0 Å². The van der Waals surface area contributed by atoms with E-state index in [2.05, 4.69) is 26.1 Å². The lowest BCUT2D eigenvalue weighted by atomic mass is 9.90. The lowest BCUT2D eigenvalue weighted by Crippen LogP contribution is -2.41. The summed E-state index contributed by atoms with van der Waals surface area (Å²) in [5, 5.41) is 3.10. The van der Waals surface area contributed by atoms with Gasteiger partial charge < -0.3 is 10.2 Å². The van der Waals surface area contributed by atoms with Gasteiger partial charge in [0.15, 0.2) is 0 Å². The normalized spacial score (nSPS) is 30.2. The van der Waals surface area contributed by atoms with Crippen molar-refractivity contribution in [1.82, 2.24) is 9.80 Å². The number of carbonyl (C=O) groups excluding carboxylic acids is 1. The SMILES string of the molecule is Cc1ccc(Br)cc1NC(=O)N1C[C@@H]2CN3CCCC[C@H]3[C@H]2C1. The molecule has 1 N–H and O–H groups in total. The average molecular weight is 378 g/mol. The first-order chi connectivity index (χ1) is 11.1. The van der Waals surface area contributed by atoms with Crippen molar-refractivity contribution in [1.29, 1.82) is 0 Å². The fraction of sp³-hybridized carbons (Fsp3) is 0.611. The zero-order valence-electron chi connectivity index (χ0n) is 13.6. The molecule has 3 atom stereocenters. The van der Waals surface area contributed by atoms with Crippen molar-refractivity contribution in [3.8, 4) is 0 Å². The van der Waals surface area contributed by atoms with Crippen LogP contribution in [0.1, 0.15) is 24.8 Å². The van der Waals surface area contributed by atoms with Crippen LogP contribution in [0.15, 0.2) is 22.7 Å². The van der Waals surface area contributed by atoms with Gasteiger partial charge in [-0.15, -0.1) is 0 Å². The topological polar surface area (TPSA) is 35.6 Å². The maximum atomic E-state index is 12.7. The molecule has 2 amide bonds. The van der Waals surface area contributed by atoms with Crippen molar-refractivity contribution >= 4 is 27.6 Å². The third-order valence-electron chi connectivity index (χ3n) is 5.85. The van der Waals surface area contributed by atoms with Gasteiger partial charge in [-0.3, -0.25) is 4.90 Å². The Morgan fingerprint density at radius 1 is 1.26 bits per heavy atom. The molecule has 3 saturated heterocycles. The van der Waals surface area contributed by atoms with Gasteiger partial charge in [0.05, 0.1) is 0 Å². The van der Waals surface area contributed by atoms with Crippen LogP contribution in [0.2, 0.25) is 0 Å². The number of hydrogen-bond donors (Lipinski definition) is 1. The molecule has 124 valence electrons. The molecule has 3 fully saturated rings. The summed E-state index contributed by atoms with van der Waals surface area (Å²) in [7, 11) is 0. The van der Waals surface area contributed by atoms with Gasteiger partial charge in [-0.05, 0) is 55.8 Å². The Balaban J connectivity index is 1.42. The second kappa shape index (κ2) is 6.10. The summed E-state index contributed by atoms with van der Waals surface area (Å²) in [4.78, 5) is 17.4. The highest BCUT2D eigenvalue weighted by atomic mass is 79.9. The summed E-state index contributed by atoms with van der Waals surface area (Å²) in [5.74, 6) is 1.36. The summed E-state index contributed by atoms with van der Waals surface area (Å²) in [6.07, 6.45) is 4.03. The number of aryl methyl sites for hydroxylation is 1. The van der Waals surface area contributed by atoms with E-state index in [0.717, 1.165) is 34.9 Å². The fourth-order valence-corrected chi connectivity index (χ4v) is 5.01. The molecule has 1 aromatic rings. The van der Waals surface area contributed by atoms with E-state index in [0.29, 0.717) is 11.8 Å². The molecule has 0 radical (unpaired) electrons. The number of rotatable bonds is 1. The average Bonchev–Trinajstić information content (AvgIpc) is 3.08. The molecule has 23 heavy (non-hydrogen) atoms. The number of carbonyl (C=O) groups is 1. The van der Waals surface area contributed by atoms with Crippen LogP contribution >= 0.6 is 15.9 Å². The van der Waals surface area contributed by atoms with Gasteiger partial charge in [0, 0.05) is 35.8 Å². The Morgan fingerprint density at radius 2 is 2.13 bits per heavy atom. The van der Waals surface area contributed by atoms with Crippen molar-refractivity contribution < 1.29 is 4.79 Å². The van der Waals surface area contributed by atoms with E-state index in [1.54, 1.807) is 0 Å². The van der Waals surface area contributed by atoms with Crippen molar-refractivity contribution in [2.24, 2.45) is 11.8 Å². The molecule has 4 nitrogen and oxygen atoms in total. The summed E-state index contributed by atoms with van der Waals surface area (Å²) in [6, 6.07) is 6.79. The summed E-state index contributed by atoms with van der Waals surface area (Å²) in [6.45, 7) is 6.32. The molecular weight excluding hydrogens is 354 g/mol. The van der Waals surface area contributed by atoms with Gasteiger partial charge in [-0.25, -0.2) is 4.79 Å². The number of nitrogens with zero attached hydrogens (tertiary/aromatic N) is 2. The monoisotopic (exact) mass is 377 g/mol. The van der Waals surface area contributed by atoms with Crippen molar-refractivity contribution in [3.63, 3.8) is 0 Å².